The maximum atomic E-state index is 11.7. The normalized spacial score (nSPS) is 22.0. The number of carbonyl (C=O) groups excluding carboxylic acids is 1. The number of piperidine rings is 1. The first-order valence-corrected chi connectivity index (χ1v) is 9.23. The second kappa shape index (κ2) is 10.2. The van der Waals surface area contributed by atoms with Gasteiger partial charge in [0, 0.05) is 46.3 Å². The van der Waals surface area contributed by atoms with Crippen molar-refractivity contribution in [3.8, 4) is 0 Å². The van der Waals surface area contributed by atoms with Crippen LogP contribution in [0.5, 0.6) is 0 Å². The van der Waals surface area contributed by atoms with Gasteiger partial charge in [-0.3, -0.25) is 9.69 Å². The second-order valence-electron chi connectivity index (χ2n) is 7.02. The molecule has 2 aliphatic rings. The molecule has 0 saturated carbocycles. The number of hydrogen-bond acceptors (Lipinski definition) is 5. The molecular weight excluding hydrogens is 290 g/mol. The van der Waals surface area contributed by atoms with Crippen molar-refractivity contribution in [3.05, 3.63) is 0 Å². The van der Waals surface area contributed by atoms with Crippen molar-refractivity contribution in [1.29, 1.82) is 0 Å². The fourth-order valence-corrected chi connectivity index (χ4v) is 3.44. The summed E-state index contributed by atoms with van der Waals surface area (Å²) in [5, 5.41) is 6.63. The third-order valence-electron chi connectivity index (χ3n) is 5.25. The lowest BCUT2D eigenvalue weighted by atomic mass is 9.93. The molecule has 1 amide bonds. The highest BCUT2D eigenvalue weighted by atomic mass is 16.2. The number of amides is 1. The first kappa shape index (κ1) is 18.6. The molecular formula is C17H35N5O. The Morgan fingerprint density at radius 2 is 1.78 bits per heavy atom. The highest BCUT2D eigenvalue weighted by Crippen LogP contribution is 2.20. The van der Waals surface area contributed by atoms with Crippen LogP contribution in [0.1, 0.15) is 19.3 Å². The van der Waals surface area contributed by atoms with Crippen LogP contribution in [0.4, 0.5) is 0 Å². The summed E-state index contributed by atoms with van der Waals surface area (Å²) < 4.78 is 0. The molecule has 0 aromatic rings. The van der Waals surface area contributed by atoms with E-state index in [-0.39, 0.29) is 5.91 Å². The van der Waals surface area contributed by atoms with Crippen molar-refractivity contribution >= 4 is 5.91 Å². The first-order valence-electron chi connectivity index (χ1n) is 9.23. The van der Waals surface area contributed by atoms with Crippen LogP contribution in [0.3, 0.4) is 0 Å². The standard InChI is InChI=1S/C17H35N5O/c1-18-6-7-19-8-12-21-9-3-16(4-10-21)5-11-22-14-13-20(2)17(23)15-22/h16,18-19H,3-15H2,1-2H3. The van der Waals surface area contributed by atoms with Gasteiger partial charge in [0.25, 0.3) is 0 Å². The molecule has 6 heteroatoms. The molecule has 0 aromatic carbocycles. The lowest BCUT2D eigenvalue weighted by molar-refractivity contribution is -0.134. The average molecular weight is 326 g/mol. The van der Waals surface area contributed by atoms with Gasteiger partial charge in [0.2, 0.25) is 5.91 Å². The fourth-order valence-electron chi connectivity index (χ4n) is 3.44. The largest absolute Gasteiger partial charge is 0.343 e. The van der Waals surface area contributed by atoms with Gasteiger partial charge in [-0.25, -0.2) is 0 Å². The maximum absolute atomic E-state index is 11.7. The van der Waals surface area contributed by atoms with Crippen LogP contribution >= 0.6 is 0 Å². The fraction of sp³-hybridized carbons (Fsp3) is 0.941. The van der Waals surface area contributed by atoms with Gasteiger partial charge in [0.1, 0.15) is 0 Å². The first-order chi connectivity index (χ1) is 11.2. The van der Waals surface area contributed by atoms with E-state index in [1.807, 2.05) is 19.0 Å². The van der Waals surface area contributed by atoms with E-state index in [4.69, 9.17) is 0 Å². The van der Waals surface area contributed by atoms with Crippen LogP contribution in [0.15, 0.2) is 0 Å². The number of hydrogen-bond donors (Lipinski definition) is 2. The monoisotopic (exact) mass is 325 g/mol. The Morgan fingerprint density at radius 1 is 1.00 bits per heavy atom. The summed E-state index contributed by atoms with van der Waals surface area (Å²) in [6, 6.07) is 0. The number of rotatable bonds is 9. The Kier molecular flexibility index (Phi) is 8.30. The van der Waals surface area contributed by atoms with E-state index in [1.165, 1.54) is 38.9 Å². The molecule has 0 radical (unpaired) electrons. The minimum atomic E-state index is 0.275. The number of likely N-dealkylation sites (tertiary alicyclic amines) is 1. The summed E-state index contributed by atoms with van der Waals surface area (Å²) in [5.74, 6) is 1.12. The third kappa shape index (κ3) is 6.75. The number of likely N-dealkylation sites (N-methyl/N-ethyl adjacent to an activating group) is 2. The van der Waals surface area contributed by atoms with Crippen LogP contribution in [0.2, 0.25) is 0 Å². The Bertz CT molecular complexity index is 344. The summed E-state index contributed by atoms with van der Waals surface area (Å²) in [6.07, 6.45) is 3.89. The molecule has 23 heavy (non-hydrogen) atoms. The molecule has 0 aliphatic carbocycles. The van der Waals surface area contributed by atoms with Crippen LogP contribution in [0.25, 0.3) is 0 Å². The highest BCUT2D eigenvalue weighted by Gasteiger charge is 2.23. The summed E-state index contributed by atoms with van der Waals surface area (Å²) in [7, 11) is 3.90. The van der Waals surface area contributed by atoms with Crippen molar-refractivity contribution in [2.45, 2.75) is 19.3 Å². The van der Waals surface area contributed by atoms with E-state index in [0.717, 1.165) is 45.2 Å². The van der Waals surface area contributed by atoms with E-state index in [9.17, 15) is 4.79 Å². The Labute approximate surface area is 141 Å². The van der Waals surface area contributed by atoms with Crippen LogP contribution in [0, 0.1) is 5.92 Å². The van der Waals surface area contributed by atoms with E-state index in [2.05, 4.69) is 20.4 Å². The zero-order valence-electron chi connectivity index (χ0n) is 15.0. The molecule has 0 spiro atoms. The van der Waals surface area contributed by atoms with E-state index < -0.39 is 0 Å². The number of carbonyl (C=O) groups is 1. The van der Waals surface area contributed by atoms with Crippen LogP contribution < -0.4 is 10.6 Å². The quantitative estimate of drug-likeness (QED) is 0.569. The molecule has 134 valence electrons. The Morgan fingerprint density at radius 3 is 2.48 bits per heavy atom. The van der Waals surface area contributed by atoms with Gasteiger partial charge in [-0.15, -0.1) is 0 Å². The molecule has 0 bridgehead atoms. The summed E-state index contributed by atoms with van der Waals surface area (Å²) in [4.78, 5) is 18.5. The zero-order valence-corrected chi connectivity index (χ0v) is 15.0. The van der Waals surface area contributed by atoms with Gasteiger partial charge in [-0.05, 0) is 51.9 Å². The molecule has 0 aromatic heterocycles. The molecule has 0 unspecified atom stereocenters. The second-order valence-corrected chi connectivity index (χ2v) is 7.02. The van der Waals surface area contributed by atoms with Crippen LogP contribution in [-0.2, 0) is 4.79 Å². The number of piperazine rings is 1. The lowest BCUT2D eigenvalue weighted by Crippen LogP contribution is -2.49. The van der Waals surface area contributed by atoms with Gasteiger partial charge in [0.05, 0.1) is 6.54 Å². The summed E-state index contributed by atoms with van der Waals surface area (Å²) >= 11 is 0. The number of nitrogens with zero attached hydrogens (tertiary/aromatic N) is 3. The molecule has 2 rings (SSSR count). The predicted molar refractivity (Wildman–Crippen MR) is 94.7 cm³/mol. The summed E-state index contributed by atoms with van der Waals surface area (Å²) in [5.41, 5.74) is 0. The topological polar surface area (TPSA) is 50.9 Å². The number of nitrogens with one attached hydrogen (secondary N) is 2. The molecule has 2 saturated heterocycles. The highest BCUT2D eigenvalue weighted by molar-refractivity contribution is 5.78. The minimum absolute atomic E-state index is 0.275. The van der Waals surface area contributed by atoms with Gasteiger partial charge in [-0.2, -0.15) is 0 Å². The Hall–Kier alpha value is -0.690. The molecule has 2 fully saturated rings. The SMILES string of the molecule is CNCCNCCN1CCC(CCN2CCN(C)C(=O)C2)CC1. The van der Waals surface area contributed by atoms with Crippen molar-refractivity contribution in [1.82, 2.24) is 25.3 Å². The molecule has 6 nitrogen and oxygen atoms in total. The smallest absolute Gasteiger partial charge is 0.236 e. The zero-order chi connectivity index (χ0) is 16.5. The third-order valence-corrected chi connectivity index (χ3v) is 5.25. The lowest BCUT2D eigenvalue weighted by Gasteiger charge is -2.35. The maximum Gasteiger partial charge on any atom is 0.236 e. The van der Waals surface area contributed by atoms with E-state index in [1.54, 1.807) is 0 Å². The van der Waals surface area contributed by atoms with Crippen molar-refractivity contribution in [3.63, 3.8) is 0 Å². The van der Waals surface area contributed by atoms with E-state index >= 15 is 0 Å². The minimum Gasteiger partial charge on any atom is -0.343 e. The summed E-state index contributed by atoms with van der Waals surface area (Å²) in [6.45, 7) is 10.5. The molecule has 2 heterocycles. The van der Waals surface area contributed by atoms with Gasteiger partial charge in [0.15, 0.2) is 0 Å². The molecule has 0 atom stereocenters. The van der Waals surface area contributed by atoms with Gasteiger partial charge >= 0.3 is 0 Å². The van der Waals surface area contributed by atoms with Crippen molar-refractivity contribution < 1.29 is 4.79 Å². The predicted octanol–water partition coefficient (Wildman–Crippen LogP) is -0.328. The van der Waals surface area contributed by atoms with E-state index in [0.29, 0.717) is 6.54 Å². The van der Waals surface area contributed by atoms with Crippen molar-refractivity contribution in [2.75, 3.05) is 79.5 Å². The Balaban J connectivity index is 1.52. The molecule has 2 N–H and O–H groups in total. The van der Waals surface area contributed by atoms with Crippen molar-refractivity contribution in [2.24, 2.45) is 5.92 Å². The van der Waals surface area contributed by atoms with Crippen LogP contribution in [-0.4, -0.2) is 100 Å². The van der Waals surface area contributed by atoms with Gasteiger partial charge in [-0.1, -0.05) is 0 Å². The average Bonchev–Trinajstić information content (AvgIpc) is 2.57. The molecule has 2 aliphatic heterocycles. The van der Waals surface area contributed by atoms with Gasteiger partial charge < -0.3 is 20.4 Å².